The molecule has 1 aromatic carbocycles. The molecule has 2 rings (SSSR count). The number of nitrogens with zero attached hydrogens (tertiary/aromatic N) is 2. The van der Waals surface area contributed by atoms with Crippen molar-refractivity contribution in [3.8, 4) is 5.75 Å². The van der Waals surface area contributed by atoms with Crippen LogP contribution in [-0.4, -0.2) is 50.1 Å². The minimum absolute atomic E-state index is 0.504. The molecule has 17 heavy (non-hydrogen) atoms. The summed E-state index contributed by atoms with van der Waals surface area (Å²) in [5.41, 5.74) is 1.38. The van der Waals surface area contributed by atoms with Crippen LogP contribution < -0.4 is 4.74 Å². The number of hydrogen-bond donors (Lipinski definition) is 0. The first-order valence-corrected chi connectivity index (χ1v) is 6.32. The summed E-state index contributed by atoms with van der Waals surface area (Å²) in [4.78, 5) is 4.82. The Morgan fingerprint density at radius 2 is 1.88 bits per heavy atom. The van der Waals surface area contributed by atoms with Gasteiger partial charge in [-0.05, 0) is 38.7 Å². The van der Waals surface area contributed by atoms with Crippen molar-refractivity contribution in [3.05, 3.63) is 29.8 Å². The molecule has 1 atom stereocenters. The van der Waals surface area contributed by atoms with Crippen LogP contribution in [0.25, 0.3) is 0 Å². The molecule has 1 aromatic rings. The zero-order valence-corrected chi connectivity index (χ0v) is 11.0. The van der Waals surface area contributed by atoms with Gasteiger partial charge in [0.15, 0.2) is 0 Å². The number of rotatable bonds is 3. The second kappa shape index (κ2) is 5.52. The molecule has 0 spiro atoms. The zero-order valence-electron chi connectivity index (χ0n) is 11.0. The van der Waals surface area contributed by atoms with Crippen LogP contribution in [0.15, 0.2) is 24.3 Å². The number of piperazine rings is 1. The lowest BCUT2D eigenvalue weighted by atomic mass is 10.0. The van der Waals surface area contributed by atoms with Crippen molar-refractivity contribution >= 4 is 0 Å². The average Bonchev–Trinajstić information content (AvgIpc) is 2.34. The van der Waals surface area contributed by atoms with Crippen LogP contribution in [0.2, 0.25) is 0 Å². The highest BCUT2D eigenvalue weighted by Crippen LogP contribution is 2.25. The van der Waals surface area contributed by atoms with Gasteiger partial charge in [-0.1, -0.05) is 12.1 Å². The van der Waals surface area contributed by atoms with Crippen LogP contribution in [0.5, 0.6) is 5.75 Å². The largest absolute Gasteiger partial charge is 0.494 e. The molecule has 3 heteroatoms. The SMILES string of the molecule is CCOc1ccc(C2CN(C)CCN2C)cc1. The average molecular weight is 234 g/mol. The molecule has 0 amide bonds. The lowest BCUT2D eigenvalue weighted by Crippen LogP contribution is -2.44. The Balaban J connectivity index is 2.10. The molecular formula is C14H22N2O. The Morgan fingerprint density at radius 1 is 1.18 bits per heavy atom. The monoisotopic (exact) mass is 234 g/mol. The van der Waals surface area contributed by atoms with Crippen molar-refractivity contribution in [1.29, 1.82) is 0 Å². The highest BCUT2D eigenvalue weighted by Gasteiger charge is 2.23. The van der Waals surface area contributed by atoms with Crippen LogP contribution in [0, 0.1) is 0 Å². The maximum atomic E-state index is 5.47. The van der Waals surface area contributed by atoms with E-state index in [-0.39, 0.29) is 0 Å². The van der Waals surface area contributed by atoms with Gasteiger partial charge < -0.3 is 9.64 Å². The molecule has 3 nitrogen and oxygen atoms in total. The quantitative estimate of drug-likeness (QED) is 0.795. The van der Waals surface area contributed by atoms with Gasteiger partial charge >= 0.3 is 0 Å². The predicted octanol–water partition coefficient (Wildman–Crippen LogP) is 2.00. The molecule has 1 fully saturated rings. The van der Waals surface area contributed by atoms with Gasteiger partial charge in [-0.2, -0.15) is 0 Å². The molecule has 94 valence electrons. The fourth-order valence-electron chi connectivity index (χ4n) is 2.32. The van der Waals surface area contributed by atoms with Crippen molar-refractivity contribution < 1.29 is 4.74 Å². The second-order valence-corrected chi connectivity index (χ2v) is 4.76. The summed E-state index contributed by atoms with van der Waals surface area (Å²) in [5, 5.41) is 0. The predicted molar refractivity (Wildman–Crippen MR) is 70.5 cm³/mol. The van der Waals surface area contributed by atoms with E-state index in [4.69, 9.17) is 4.74 Å². The van der Waals surface area contributed by atoms with Gasteiger partial charge in [0.25, 0.3) is 0 Å². The van der Waals surface area contributed by atoms with E-state index in [1.807, 2.05) is 6.92 Å². The molecule has 1 unspecified atom stereocenters. The normalized spacial score (nSPS) is 22.6. The van der Waals surface area contributed by atoms with Gasteiger partial charge in [-0.15, -0.1) is 0 Å². The van der Waals surface area contributed by atoms with Crippen LogP contribution in [-0.2, 0) is 0 Å². The molecule has 1 heterocycles. The van der Waals surface area contributed by atoms with Crippen molar-refractivity contribution in [3.63, 3.8) is 0 Å². The summed E-state index contributed by atoms with van der Waals surface area (Å²) in [6, 6.07) is 9.02. The van der Waals surface area contributed by atoms with E-state index in [0.717, 1.165) is 32.0 Å². The highest BCUT2D eigenvalue weighted by molar-refractivity contribution is 5.29. The maximum Gasteiger partial charge on any atom is 0.119 e. The summed E-state index contributed by atoms with van der Waals surface area (Å²) in [7, 11) is 4.39. The van der Waals surface area contributed by atoms with Gasteiger partial charge in [0.1, 0.15) is 5.75 Å². The van der Waals surface area contributed by atoms with E-state index in [2.05, 4.69) is 48.2 Å². The van der Waals surface area contributed by atoms with Gasteiger partial charge in [-0.25, -0.2) is 0 Å². The number of hydrogen-bond acceptors (Lipinski definition) is 3. The van der Waals surface area contributed by atoms with Crippen molar-refractivity contribution in [2.45, 2.75) is 13.0 Å². The van der Waals surface area contributed by atoms with E-state index >= 15 is 0 Å². The highest BCUT2D eigenvalue weighted by atomic mass is 16.5. The van der Waals surface area contributed by atoms with Crippen molar-refractivity contribution in [2.24, 2.45) is 0 Å². The van der Waals surface area contributed by atoms with Gasteiger partial charge in [0.05, 0.1) is 6.61 Å². The third kappa shape index (κ3) is 2.99. The Labute approximate surface area is 104 Å². The second-order valence-electron chi connectivity index (χ2n) is 4.76. The Morgan fingerprint density at radius 3 is 2.53 bits per heavy atom. The molecule has 1 aliphatic heterocycles. The van der Waals surface area contributed by atoms with Crippen molar-refractivity contribution in [1.82, 2.24) is 9.80 Å². The fraction of sp³-hybridized carbons (Fsp3) is 0.571. The lowest BCUT2D eigenvalue weighted by Gasteiger charge is -2.38. The van der Waals surface area contributed by atoms with E-state index in [1.165, 1.54) is 5.56 Å². The molecule has 0 N–H and O–H groups in total. The smallest absolute Gasteiger partial charge is 0.119 e. The third-order valence-corrected chi connectivity index (χ3v) is 3.43. The molecule has 0 radical (unpaired) electrons. The standard InChI is InChI=1S/C14H22N2O/c1-4-17-13-7-5-12(6-8-13)14-11-15(2)9-10-16(14)3/h5-8,14H,4,9-11H2,1-3H3. The molecule has 1 aliphatic rings. The minimum Gasteiger partial charge on any atom is -0.494 e. The van der Waals surface area contributed by atoms with E-state index in [0.29, 0.717) is 6.04 Å². The molecule has 1 saturated heterocycles. The van der Waals surface area contributed by atoms with Gasteiger partial charge in [-0.3, -0.25) is 4.90 Å². The Hall–Kier alpha value is -1.06. The summed E-state index contributed by atoms with van der Waals surface area (Å²) in [6.45, 7) is 6.13. The summed E-state index contributed by atoms with van der Waals surface area (Å²) < 4.78 is 5.47. The topological polar surface area (TPSA) is 15.7 Å². The fourth-order valence-corrected chi connectivity index (χ4v) is 2.32. The first kappa shape index (κ1) is 12.4. The van der Waals surface area contributed by atoms with Crippen LogP contribution in [0.1, 0.15) is 18.5 Å². The Bertz CT molecular complexity index is 350. The summed E-state index contributed by atoms with van der Waals surface area (Å²) in [5.74, 6) is 0.961. The lowest BCUT2D eigenvalue weighted by molar-refractivity contribution is 0.115. The first-order chi connectivity index (χ1) is 8.20. The molecule has 0 saturated carbocycles. The Kier molecular flexibility index (Phi) is 4.02. The third-order valence-electron chi connectivity index (χ3n) is 3.43. The van der Waals surface area contributed by atoms with Crippen molar-refractivity contribution in [2.75, 3.05) is 40.3 Å². The van der Waals surface area contributed by atoms with Crippen LogP contribution >= 0.6 is 0 Å². The number of likely N-dealkylation sites (N-methyl/N-ethyl adjacent to an activating group) is 2. The summed E-state index contributed by atoms with van der Waals surface area (Å²) >= 11 is 0. The van der Waals surface area contributed by atoms with Crippen LogP contribution in [0.4, 0.5) is 0 Å². The van der Waals surface area contributed by atoms with E-state index < -0.39 is 0 Å². The number of ether oxygens (including phenoxy) is 1. The molecule has 0 bridgehead atoms. The van der Waals surface area contributed by atoms with Gasteiger partial charge in [0.2, 0.25) is 0 Å². The van der Waals surface area contributed by atoms with E-state index in [1.54, 1.807) is 0 Å². The molecule has 0 aliphatic carbocycles. The number of benzene rings is 1. The maximum absolute atomic E-state index is 5.47. The first-order valence-electron chi connectivity index (χ1n) is 6.32. The van der Waals surface area contributed by atoms with Gasteiger partial charge in [0, 0.05) is 25.7 Å². The molecule has 0 aromatic heterocycles. The summed E-state index contributed by atoms with van der Waals surface area (Å²) in [6.07, 6.45) is 0. The van der Waals surface area contributed by atoms with Crippen LogP contribution in [0.3, 0.4) is 0 Å². The minimum atomic E-state index is 0.504. The zero-order chi connectivity index (χ0) is 12.3. The van der Waals surface area contributed by atoms with E-state index in [9.17, 15) is 0 Å². The molecular weight excluding hydrogens is 212 g/mol.